The largest absolute Gasteiger partial charge is 0.297 e. The summed E-state index contributed by atoms with van der Waals surface area (Å²) in [6, 6.07) is 7.01. The number of benzene rings is 1. The smallest absolute Gasteiger partial charge is 0.263 e. The third-order valence-corrected chi connectivity index (χ3v) is 12.9. The van der Waals surface area contributed by atoms with Gasteiger partial charge in [0, 0.05) is 0 Å². The molecule has 0 unspecified atom stereocenters. The lowest BCUT2D eigenvalue weighted by Crippen LogP contribution is -2.51. The van der Waals surface area contributed by atoms with Gasteiger partial charge in [0.1, 0.15) is 0 Å². The van der Waals surface area contributed by atoms with Crippen LogP contribution in [0.5, 0.6) is 0 Å². The fraction of sp³-hybridized carbons (Fsp3) is 0.706. The van der Waals surface area contributed by atoms with Gasteiger partial charge in [-0.1, -0.05) is 61.8 Å². The van der Waals surface area contributed by atoms with Crippen LogP contribution in [0, 0.1) is 47.3 Å². The zero-order valence-electron chi connectivity index (χ0n) is 24.6. The first-order valence-electron chi connectivity index (χ1n) is 15.3. The summed E-state index contributed by atoms with van der Waals surface area (Å²) in [4.78, 5) is 0.270. The van der Waals surface area contributed by atoms with Crippen molar-refractivity contribution in [3.8, 4) is 0 Å². The summed E-state index contributed by atoms with van der Waals surface area (Å²) < 4.78 is 31.8. The van der Waals surface area contributed by atoms with E-state index in [0.717, 1.165) is 54.4 Å². The first-order chi connectivity index (χ1) is 17.9. The second kappa shape index (κ2) is 10.5. The van der Waals surface area contributed by atoms with E-state index >= 15 is 0 Å². The second-order valence-electron chi connectivity index (χ2n) is 14.1. The third-order valence-electron chi connectivity index (χ3n) is 11.6. The topological polar surface area (TPSA) is 43.4 Å². The summed E-state index contributed by atoms with van der Waals surface area (Å²) in [5.41, 5.74) is 4.65. The van der Waals surface area contributed by atoms with E-state index in [1.165, 1.54) is 56.1 Å². The summed E-state index contributed by atoms with van der Waals surface area (Å²) in [6.45, 7) is 14.1. The molecule has 0 aliphatic heterocycles. The highest BCUT2D eigenvalue weighted by Gasteiger charge is 2.59. The van der Waals surface area contributed by atoms with Crippen LogP contribution in [0.25, 0.3) is 0 Å². The van der Waals surface area contributed by atoms with Gasteiger partial charge in [-0.3, -0.25) is 4.18 Å². The zero-order valence-corrected chi connectivity index (χ0v) is 25.4. The first-order valence-corrected chi connectivity index (χ1v) is 16.7. The van der Waals surface area contributed by atoms with Gasteiger partial charge in [0.2, 0.25) is 0 Å². The molecule has 4 aliphatic rings. The van der Waals surface area contributed by atoms with Crippen molar-refractivity contribution in [3.05, 3.63) is 53.1 Å². The van der Waals surface area contributed by atoms with E-state index in [1.54, 1.807) is 12.1 Å². The molecule has 1 aromatic rings. The second-order valence-corrected chi connectivity index (χ2v) is 15.6. The summed E-state index contributed by atoms with van der Waals surface area (Å²) in [5, 5.41) is 0. The minimum Gasteiger partial charge on any atom is -0.263 e. The number of hydrogen-bond donors (Lipinski definition) is 0. The van der Waals surface area contributed by atoms with Gasteiger partial charge >= 0.3 is 0 Å². The van der Waals surface area contributed by atoms with Gasteiger partial charge in [-0.15, -0.1) is 0 Å². The van der Waals surface area contributed by atoms with Crippen LogP contribution in [0.15, 0.2) is 52.5 Å². The number of allylic oxidation sites excluding steroid dienone is 3. The van der Waals surface area contributed by atoms with Crippen LogP contribution in [-0.2, 0) is 14.3 Å². The maximum absolute atomic E-state index is 13.0. The lowest BCUT2D eigenvalue weighted by atomic mass is 9.47. The fourth-order valence-electron chi connectivity index (χ4n) is 9.46. The van der Waals surface area contributed by atoms with Gasteiger partial charge in [0.15, 0.2) is 0 Å². The zero-order chi connectivity index (χ0) is 27.3. The Kier molecular flexibility index (Phi) is 7.81. The molecule has 8 atom stereocenters. The molecule has 0 bridgehead atoms. The Labute approximate surface area is 232 Å². The predicted octanol–water partition coefficient (Wildman–Crippen LogP) is 9.03. The van der Waals surface area contributed by atoms with Crippen molar-refractivity contribution < 1.29 is 12.6 Å². The Bertz CT molecular complexity index is 1170. The van der Waals surface area contributed by atoms with Gasteiger partial charge < -0.3 is 0 Å². The van der Waals surface area contributed by atoms with Gasteiger partial charge in [-0.05, 0) is 138 Å². The minimum atomic E-state index is -3.73. The molecule has 3 fully saturated rings. The summed E-state index contributed by atoms with van der Waals surface area (Å²) in [7, 11) is -3.73. The highest BCUT2D eigenvalue weighted by atomic mass is 32.2. The molecule has 0 radical (unpaired) electrons. The standard InChI is InChI=1S/C34H50O3S/c1-23(2)8-7-9-25(4)30-16-17-31-29-15-12-26-22-27(37-38(35,36)28-13-10-24(3)11-14-28)18-20-33(26,5)32(29)19-21-34(30,31)6/h8,10-14,25,27,29-32H,7,9,15-22H2,1-6H3/t25-,27+,29+,30-,31+,32+,33+,34-/m1/s1. The average molecular weight is 539 g/mol. The molecule has 0 spiro atoms. The molecule has 4 heteroatoms. The maximum atomic E-state index is 13.0. The molecule has 3 saturated carbocycles. The van der Waals surface area contributed by atoms with Crippen molar-refractivity contribution in [2.45, 2.75) is 117 Å². The summed E-state index contributed by atoms with van der Waals surface area (Å²) in [5.74, 6) is 4.00. The van der Waals surface area contributed by atoms with Crippen LogP contribution >= 0.6 is 0 Å². The molecular weight excluding hydrogens is 488 g/mol. The molecule has 0 aromatic heterocycles. The van der Waals surface area contributed by atoms with E-state index < -0.39 is 10.1 Å². The minimum absolute atomic E-state index is 0.199. The Hall–Kier alpha value is -1.39. The van der Waals surface area contributed by atoms with Crippen molar-refractivity contribution in [1.29, 1.82) is 0 Å². The number of rotatable bonds is 7. The molecule has 0 N–H and O–H groups in total. The van der Waals surface area contributed by atoms with Crippen LogP contribution in [0.1, 0.15) is 104 Å². The average Bonchev–Trinajstić information content (AvgIpc) is 3.21. The Morgan fingerprint density at radius 3 is 2.50 bits per heavy atom. The van der Waals surface area contributed by atoms with Gasteiger partial charge in [-0.25, -0.2) is 0 Å². The van der Waals surface area contributed by atoms with Gasteiger partial charge in [0.25, 0.3) is 10.1 Å². The Balaban J connectivity index is 1.28. The number of aryl methyl sites for hydroxylation is 1. The van der Waals surface area contributed by atoms with Crippen LogP contribution in [-0.4, -0.2) is 14.5 Å². The molecular formula is C34H50O3S. The van der Waals surface area contributed by atoms with E-state index in [4.69, 9.17) is 4.18 Å². The number of fused-ring (bicyclic) bond motifs is 5. The molecule has 38 heavy (non-hydrogen) atoms. The van der Waals surface area contributed by atoms with E-state index in [1.807, 2.05) is 19.1 Å². The molecule has 0 amide bonds. The monoisotopic (exact) mass is 538 g/mol. The first kappa shape index (κ1) is 28.1. The van der Waals surface area contributed by atoms with Gasteiger partial charge in [-0.2, -0.15) is 8.42 Å². The van der Waals surface area contributed by atoms with E-state index in [-0.39, 0.29) is 16.4 Å². The fourth-order valence-corrected chi connectivity index (χ4v) is 10.6. The molecule has 210 valence electrons. The lowest BCUT2D eigenvalue weighted by molar-refractivity contribution is -0.0554. The molecule has 5 rings (SSSR count). The molecule has 0 saturated heterocycles. The maximum Gasteiger partial charge on any atom is 0.297 e. The Morgan fingerprint density at radius 2 is 1.79 bits per heavy atom. The normalized spacial score (nSPS) is 37.4. The lowest BCUT2D eigenvalue weighted by Gasteiger charge is -2.58. The van der Waals surface area contributed by atoms with Crippen molar-refractivity contribution >= 4 is 10.1 Å². The Morgan fingerprint density at radius 1 is 1.05 bits per heavy atom. The van der Waals surface area contributed by atoms with Gasteiger partial charge in [0.05, 0.1) is 11.0 Å². The molecule has 1 aromatic carbocycles. The molecule has 3 nitrogen and oxygen atoms in total. The van der Waals surface area contributed by atoms with Crippen molar-refractivity contribution in [1.82, 2.24) is 0 Å². The van der Waals surface area contributed by atoms with Crippen molar-refractivity contribution in [3.63, 3.8) is 0 Å². The highest BCUT2D eigenvalue weighted by molar-refractivity contribution is 7.86. The quantitative estimate of drug-likeness (QED) is 0.257. The summed E-state index contributed by atoms with van der Waals surface area (Å²) >= 11 is 0. The SMILES string of the molecule is CC(C)=CCC[C@@H](C)[C@H]1CC[C@H]2[C@@H]3CC=C4C[C@@H](OS(=O)(=O)c5ccc(C)cc5)CC[C@]4(C)[C@H]3CC[C@]12C. The molecule has 4 aliphatic carbocycles. The van der Waals surface area contributed by atoms with Crippen LogP contribution in [0.4, 0.5) is 0 Å². The van der Waals surface area contributed by atoms with Crippen LogP contribution in [0.2, 0.25) is 0 Å². The third kappa shape index (κ3) is 5.09. The van der Waals surface area contributed by atoms with E-state index in [9.17, 15) is 8.42 Å². The van der Waals surface area contributed by atoms with E-state index in [2.05, 4.69) is 46.8 Å². The van der Waals surface area contributed by atoms with E-state index in [0.29, 0.717) is 5.41 Å². The number of hydrogen-bond acceptors (Lipinski definition) is 3. The highest BCUT2D eigenvalue weighted by Crippen LogP contribution is 2.67. The van der Waals surface area contributed by atoms with Crippen molar-refractivity contribution in [2.75, 3.05) is 0 Å². The van der Waals surface area contributed by atoms with Crippen molar-refractivity contribution in [2.24, 2.45) is 40.4 Å². The summed E-state index contributed by atoms with van der Waals surface area (Å²) in [6.07, 6.45) is 16.5. The predicted molar refractivity (Wildman–Crippen MR) is 156 cm³/mol. The van der Waals surface area contributed by atoms with Crippen LogP contribution in [0.3, 0.4) is 0 Å². The molecule has 0 heterocycles. The van der Waals surface area contributed by atoms with Crippen LogP contribution < -0.4 is 0 Å².